The third kappa shape index (κ3) is 3.36. The molecule has 0 bridgehead atoms. The number of halogens is 1. The quantitative estimate of drug-likeness (QED) is 0.829. The van der Waals surface area contributed by atoms with Gasteiger partial charge in [-0.25, -0.2) is 4.39 Å². The zero-order valence-electron chi connectivity index (χ0n) is 14.9. The van der Waals surface area contributed by atoms with Crippen LogP contribution in [-0.2, 0) is 17.8 Å². The lowest BCUT2D eigenvalue weighted by Gasteiger charge is -2.24. The van der Waals surface area contributed by atoms with Crippen molar-refractivity contribution in [2.45, 2.75) is 25.8 Å². The lowest BCUT2D eigenvalue weighted by molar-refractivity contribution is -0.135. The summed E-state index contributed by atoms with van der Waals surface area (Å²) in [6.45, 7) is 3.75. The number of carbonyl (C=O) groups excluding carboxylic acids is 1. The van der Waals surface area contributed by atoms with Crippen molar-refractivity contribution in [3.8, 4) is 0 Å². The molecule has 26 heavy (non-hydrogen) atoms. The molecule has 0 radical (unpaired) electrons. The SMILES string of the molecule is O=C1N(CCc2ccccc2)CCC12CCN(Cc1ccncc1F)C2. The van der Waals surface area contributed by atoms with E-state index in [4.69, 9.17) is 0 Å². The molecule has 0 N–H and O–H groups in total. The third-order valence-corrected chi connectivity index (χ3v) is 5.80. The highest BCUT2D eigenvalue weighted by Crippen LogP contribution is 2.41. The molecule has 136 valence electrons. The molecule has 5 heteroatoms. The van der Waals surface area contributed by atoms with Crippen molar-refractivity contribution in [3.63, 3.8) is 0 Å². The van der Waals surface area contributed by atoms with Crippen LogP contribution >= 0.6 is 0 Å². The van der Waals surface area contributed by atoms with Crippen molar-refractivity contribution in [3.05, 3.63) is 65.7 Å². The molecule has 4 nitrogen and oxygen atoms in total. The number of likely N-dealkylation sites (tertiary alicyclic amines) is 2. The van der Waals surface area contributed by atoms with Gasteiger partial charge in [-0.05, 0) is 37.4 Å². The van der Waals surface area contributed by atoms with Gasteiger partial charge in [-0.15, -0.1) is 0 Å². The Labute approximate surface area is 153 Å². The minimum atomic E-state index is -0.268. The van der Waals surface area contributed by atoms with Crippen LogP contribution in [0.4, 0.5) is 4.39 Å². The number of benzene rings is 1. The molecule has 1 aromatic heterocycles. The second-order valence-corrected chi connectivity index (χ2v) is 7.49. The van der Waals surface area contributed by atoms with E-state index in [1.807, 2.05) is 23.1 Å². The Kier molecular flexibility index (Phi) is 4.72. The molecule has 2 aromatic rings. The molecule has 2 aliphatic heterocycles. The Bertz CT molecular complexity index is 782. The molecule has 3 heterocycles. The average molecular weight is 353 g/mol. The van der Waals surface area contributed by atoms with E-state index < -0.39 is 0 Å². The van der Waals surface area contributed by atoms with E-state index in [0.717, 1.165) is 45.4 Å². The first-order chi connectivity index (χ1) is 12.7. The molecule has 1 aromatic carbocycles. The van der Waals surface area contributed by atoms with Crippen molar-refractivity contribution >= 4 is 5.91 Å². The van der Waals surface area contributed by atoms with Crippen LogP contribution in [0.25, 0.3) is 0 Å². The van der Waals surface area contributed by atoms with Gasteiger partial charge in [0.25, 0.3) is 0 Å². The van der Waals surface area contributed by atoms with Crippen LogP contribution in [-0.4, -0.2) is 46.9 Å². The fraction of sp³-hybridized carbons (Fsp3) is 0.429. The normalized spacial score (nSPS) is 23.3. The fourth-order valence-electron chi connectivity index (χ4n) is 4.26. The summed E-state index contributed by atoms with van der Waals surface area (Å²) in [4.78, 5) is 21.1. The summed E-state index contributed by atoms with van der Waals surface area (Å²) in [7, 11) is 0. The highest BCUT2D eigenvalue weighted by atomic mass is 19.1. The Hall–Kier alpha value is -2.27. The van der Waals surface area contributed by atoms with Crippen LogP contribution in [0, 0.1) is 11.2 Å². The number of carbonyl (C=O) groups is 1. The zero-order valence-corrected chi connectivity index (χ0v) is 14.9. The molecule has 1 atom stereocenters. The maximum Gasteiger partial charge on any atom is 0.230 e. The fourth-order valence-corrected chi connectivity index (χ4v) is 4.26. The predicted molar refractivity (Wildman–Crippen MR) is 97.9 cm³/mol. The van der Waals surface area contributed by atoms with E-state index in [0.29, 0.717) is 12.1 Å². The number of hydrogen-bond donors (Lipinski definition) is 0. The van der Waals surface area contributed by atoms with Gasteiger partial charge in [-0.3, -0.25) is 14.7 Å². The summed E-state index contributed by atoms with van der Waals surface area (Å²) < 4.78 is 13.8. The Morgan fingerprint density at radius 2 is 1.92 bits per heavy atom. The number of nitrogens with zero attached hydrogens (tertiary/aromatic N) is 3. The highest BCUT2D eigenvalue weighted by Gasteiger charge is 2.50. The van der Waals surface area contributed by atoms with Crippen LogP contribution < -0.4 is 0 Å². The molecule has 1 spiro atoms. The van der Waals surface area contributed by atoms with Gasteiger partial charge < -0.3 is 4.90 Å². The third-order valence-electron chi connectivity index (χ3n) is 5.80. The van der Waals surface area contributed by atoms with Crippen molar-refractivity contribution in [1.29, 1.82) is 0 Å². The van der Waals surface area contributed by atoms with E-state index in [1.165, 1.54) is 11.8 Å². The first-order valence-corrected chi connectivity index (χ1v) is 9.30. The lowest BCUT2D eigenvalue weighted by atomic mass is 9.85. The van der Waals surface area contributed by atoms with Gasteiger partial charge in [0, 0.05) is 37.9 Å². The average Bonchev–Trinajstić information content (AvgIpc) is 3.21. The number of pyridine rings is 1. The first kappa shape index (κ1) is 17.2. The second-order valence-electron chi connectivity index (χ2n) is 7.49. The summed E-state index contributed by atoms with van der Waals surface area (Å²) in [6, 6.07) is 12.0. The van der Waals surface area contributed by atoms with Gasteiger partial charge in [0.1, 0.15) is 5.82 Å². The largest absolute Gasteiger partial charge is 0.342 e. The van der Waals surface area contributed by atoms with Gasteiger partial charge >= 0.3 is 0 Å². The number of rotatable bonds is 5. The lowest BCUT2D eigenvalue weighted by Crippen LogP contribution is -2.37. The van der Waals surface area contributed by atoms with Crippen LogP contribution in [0.3, 0.4) is 0 Å². The number of amides is 1. The molecule has 1 amide bonds. The van der Waals surface area contributed by atoms with E-state index in [1.54, 1.807) is 12.3 Å². The molecule has 0 saturated carbocycles. The summed E-state index contributed by atoms with van der Waals surface area (Å²) in [5, 5.41) is 0. The maximum absolute atomic E-state index is 13.8. The molecular weight excluding hydrogens is 329 g/mol. The topological polar surface area (TPSA) is 36.4 Å². The van der Waals surface area contributed by atoms with Crippen LogP contribution in [0.5, 0.6) is 0 Å². The van der Waals surface area contributed by atoms with Crippen LogP contribution in [0.15, 0.2) is 48.8 Å². The van der Waals surface area contributed by atoms with Crippen molar-refractivity contribution < 1.29 is 9.18 Å². The summed E-state index contributed by atoms with van der Waals surface area (Å²) >= 11 is 0. The molecule has 2 fully saturated rings. The molecular formula is C21H24FN3O. The molecule has 0 aliphatic carbocycles. The van der Waals surface area contributed by atoms with Crippen LogP contribution in [0.1, 0.15) is 24.0 Å². The van der Waals surface area contributed by atoms with E-state index in [-0.39, 0.29) is 17.1 Å². The van der Waals surface area contributed by atoms with Crippen LogP contribution in [0.2, 0.25) is 0 Å². The van der Waals surface area contributed by atoms with Gasteiger partial charge in [-0.1, -0.05) is 30.3 Å². The second kappa shape index (κ2) is 7.16. The van der Waals surface area contributed by atoms with Gasteiger partial charge in [0.2, 0.25) is 5.91 Å². The smallest absolute Gasteiger partial charge is 0.230 e. The molecule has 4 rings (SSSR count). The van der Waals surface area contributed by atoms with Gasteiger partial charge in [-0.2, -0.15) is 0 Å². The molecule has 2 saturated heterocycles. The predicted octanol–water partition coefficient (Wildman–Crippen LogP) is 2.89. The minimum absolute atomic E-state index is 0.264. The van der Waals surface area contributed by atoms with E-state index >= 15 is 0 Å². The van der Waals surface area contributed by atoms with Gasteiger partial charge in [0.05, 0.1) is 11.6 Å². The first-order valence-electron chi connectivity index (χ1n) is 9.30. The minimum Gasteiger partial charge on any atom is -0.342 e. The van der Waals surface area contributed by atoms with Gasteiger partial charge in [0.15, 0.2) is 0 Å². The van der Waals surface area contributed by atoms with Crippen molar-refractivity contribution in [2.24, 2.45) is 5.41 Å². The van der Waals surface area contributed by atoms with Crippen molar-refractivity contribution in [1.82, 2.24) is 14.8 Å². The summed E-state index contributed by atoms with van der Waals surface area (Å²) in [5.74, 6) is 0.0156. The standard InChI is InChI=1S/C21H24FN3O/c22-19-14-23-10-6-18(19)15-24-12-8-21(16-24)9-13-25(20(21)26)11-7-17-4-2-1-3-5-17/h1-6,10,14H,7-9,11-13,15-16H2. The van der Waals surface area contributed by atoms with Crippen molar-refractivity contribution in [2.75, 3.05) is 26.2 Å². The Morgan fingerprint density at radius 1 is 1.12 bits per heavy atom. The summed E-state index contributed by atoms with van der Waals surface area (Å²) in [6.07, 6.45) is 5.56. The molecule has 2 aliphatic rings. The Balaban J connectivity index is 1.36. The van der Waals surface area contributed by atoms with E-state index in [9.17, 15) is 9.18 Å². The number of hydrogen-bond acceptors (Lipinski definition) is 3. The Morgan fingerprint density at radius 3 is 2.73 bits per heavy atom. The maximum atomic E-state index is 13.8. The monoisotopic (exact) mass is 353 g/mol. The van der Waals surface area contributed by atoms with E-state index in [2.05, 4.69) is 22.0 Å². The zero-order chi connectivity index (χ0) is 18.0. The summed E-state index contributed by atoms with van der Waals surface area (Å²) in [5.41, 5.74) is 1.66. The highest BCUT2D eigenvalue weighted by molar-refractivity contribution is 5.85. The number of aromatic nitrogens is 1. The molecule has 1 unspecified atom stereocenters.